The van der Waals surface area contributed by atoms with E-state index in [2.05, 4.69) is 0 Å². The Morgan fingerprint density at radius 1 is 1.28 bits per heavy atom. The molecule has 29 heavy (non-hydrogen) atoms. The fourth-order valence-corrected chi connectivity index (χ4v) is 4.63. The van der Waals surface area contributed by atoms with Crippen molar-refractivity contribution in [3.63, 3.8) is 0 Å². The van der Waals surface area contributed by atoms with E-state index in [1.54, 1.807) is 4.90 Å². The molecule has 2 fully saturated rings. The van der Waals surface area contributed by atoms with E-state index in [0.29, 0.717) is 19.6 Å². The van der Waals surface area contributed by atoms with Crippen LogP contribution in [0.3, 0.4) is 0 Å². The first-order valence-electron chi connectivity index (χ1n) is 10.4. The first-order chi connectivity index (χ1) is 13.7. The summed E-state index contributed by atoms with van der Waals surface area (Å²) in [5.74, 6) is 0.0900. The number of fused-ring (bicyclic) bond motifs is 1. The van der Waals surface area contributed by atoms with Crippen molar-refractivity contribution >= 4 is 12.0 Å². The van der Waals surface area contributed by atoms with E-state index in [9.17, 15) is 9.59 Å². The van der Waals surface area contributed by atoms with Crippen LogP contribution in [0.1, 0.15) is 52.5 Å². The van der Waals surface area contributed by atoms with E-state index < -0.39 is 11.3 Å². The number of carbonyl (C=O) groups excluding carboxylic acids is 2. The Labute approximate surface area is 172 Å². The first kappa shape index (κ1) is 20.0. The minimum atomic E-state index is -0.704. The maximum absolute atomic E-state index is 13.3. The lowest BCUT2D eigenvalue weighted by molar-refractivity contribution is -0.149. The third kappa shape index (κ3) is 3.78. The lowest BCUT2D eigenvalue weighted by Crippen LogP contribution is -2.44. The van der Waals surface area contributed by atoms with Crippen molar-refractivity contribution in [3.8, 4) is 0 Å². The molecule has 0 bridgehead atoms. The van der Waals surface area contributed by atoms with Crippen LogP contribution < -0.4 is 0 Å². The molecule has 6 heteroatoms. The minimum Gasteiger partial charge on any atom is -0.443 e. The molecular weight excluding hydrogens is 368 g/mol. The Balaban J connectivity index is 1.44. The second-order valence-corrected chi connectivity index (χ2v) is 9.37. The Hall–Kier alpha value is -2.34. The topological polar surface area (TPSA) is 59.1 Å². The molecule has 0 spiro atoms. The molecule has 0 aliphatic carbocycles. The van der Waals surface area contributed by atoms with Gasteiger partial charge in [0.05, 0.1) is 12.6 Å². The third-order valence-electron chi connectivity index (χ3n) is 5.98. The highest BCUT2D eigenvalue weighted by molar-refractivity contribution is 5.83. The highest BCUT2D eigenvalue weighted by atomic mass is 16.6. The normalized spacial score (nSPS) is 29.2. The third-order valence-corrected chi connectivity index (χ3v) is 5.98. The molecule has 1 aromatic rings. The summed E-state index contributed by atoms with van der Waals surface area (Å²) in [7, 11) is 0. The summed E-state index contributed by atoms with van der Waals surface area (Å²) in [5.41, 5.74) is 0.928. The molecule has 3 atom stereocenters. The molecule has 2 amide bonds. The Morgan fingerprint density at radius 3 is 2.69 bits per heavy atom. The summed E-state index contributed by atoms with van der Waals surface area (Å²) in [6.07, 6.45) is 3.83. The molecule has 0 radical (unpaired) electrons. The zero-order valence-corrected chi connectivity index (χ0v) is 17.7. The molecule has 4 rings (SSSR count). The quantitative estimate of drug-likeness (QED) is 0.772. The predicted octanol–water partition coefficient (Wildman–Crippen LogP) is 4.02. The molecule has 0 N–H and O–H groups in total. The number of rotatable bonds is 3. The molecule has 0 saturated carbocycles. The van der Waals surface area contributed by atoms with Gasteiger partial charge in [0, 0.05) is 24.2 Å². The molecule has 6 nitrogen and oxygen atoms in total. The maximum atomic E-state index is 13.3. The van der Waals surface area contributed by atoms with Gasteiger partial charge in [-0.25, -0.2) is 4.79 Å². The number of hydrogen-bond donors (Lipinski definition) is 0. The highest BCUT2D eigenvalue weighted by Gasteiger charge is 2.54. The monoisotopic (exact) mass is 398 g/mol. The highest BCUT2D eigenvalue weighted by Crippen LogP contribution is 2.45. The zero-order chi connectivity index (χ0) is 20.8. The second-order valence-electron chi connectivity index (χ2n) is 9.37. The molecule has 3 heterocycles. The SMILES string of the molecule is CC(C)(C)OC(=O)N1C=C(C[C@H]2C[C@H]3CO[C@](C)(c4ccccc4)N3C2=O)CC1. The van der Waals surface area contributed by atoms with Crippen LogP contribution in [0.25, 0.3) is 0 Å². The average molecular weight is 399 g/mol. The number of nitrogens with zero attached hydrogens (tertiary/aromatic N) is 2. The Morgan fingerprint density at radius 2 is 2.00 bits per heavy atom. The van der Waals surface area contributed by atoms with Gasteiger partial charge in [0.2, 0.25) is 5.91 Å². The van der Waals surface area contributed by atoms with Crippen LogP contribution in [0, 0.1) is 5.92 Å². The number of hydrogen-bond acceptors (Lipinski definition) is 4. The van der Waals surface area contributed by atoms with Crippen molar-refractivity contribution in [1.82, 2.24) is 9.80 Å². The van der Waals surface area contributed by atoms with E-state index in [1.807, 2.05) is 69.1 Å². The van der Waals surface area contributed by atoms with Gasteiger partial charge in [0.15, 0.2) is 5.72 Å². The van der Waals surface area contributed by atoms with E-state index in [4.69, 9.17) is 9.47 Å². The van der Waals surface area contributed by atoms with Crippen LogP contribution in [-0.2, 0) is 20.0 Å². The lowest BCUT2D eigenvalue weighted by atomic mass is 9.95. The fraction of sp³-hybridized carbons (Fsp3) is 0.565. The molecule has 3 aliphatic heterocycles. The Kier molecular flexibility index (Phi) is 4.93. The number of amides is 2. The summed E-state index contributed by atoms with van der Waals surface area (Å²) < 4.78 is 11.5. The van der Waals surface area contributed by atoms with Gasteiger partial charge in [0.25, 0.3) is 0 Å². The molecule has 2 saturated heterocycles. The Bertz CT molecular complexity index is 829. The molecular formula is C23H30N2O4. The van der Waals surface area contributed by atoms with Crippen molar-refractivity contribution in [1.29, 1.82) is 0 Å². The van der Waals surface area contributed by atoms with Crippen LogP contribution in [0.2, 0.25) is 0 Å². The van der Waals surface area contributed by atoms with E-state index in [1.165, 1.54) is 0 Å². The molecule has 156 valence electrons. The summed E-state index contributed by atoms with van der Waals surface area (Å²) >= 11 is 0. The van der Waals surface area contributed by atoms with Crippen molar-refractivity contribution in [2.75, 3.05) is 13.2 Å². The van der Waals surface area contributed by atoms with Crippen molar-refractivity contribution in [3.05, 3.63) is 47.7 Å². The number of carbonyl (C=O) groups is 2. The molecule has 1 aromatic carbocycles. The lowest BCUT2D eigenvalue weighted by Gasteiger charge is -2.34. The van der Waals surface area contributed by atoms with Crippen LogP contribution >= 0.6 is 0 Å². The summed E-state index contributed by atoms with van der Waals surface area (Å²) in [6.45, 7) is 8.76. The van der Waals surface area contributed by atoms with Crippen molar-refractivity contribution in [2.24, 2.45) is 5.92 Å². The van der Waals surface area contributed by atoms with Gasteiger partial charge in [-0.3, -0.25) is 9.69 Å². The first-order valence-corrected chi connectivity index (χ1v) is 10.4. The van der Waals surface area contributed by atoms with Gasteiger partial charge in [-0.1, -0.05) is 35.9 Å². The largest absolute Gasteiger partial charge is 0.443 e. The smallest absolute Gasteiger partial charge is 0.414 e. The number of benzene rings is 1. The summed E-state index contributed by atoms with van der Waals surface area (Å²) in [4.78, 5) is 29.1. The summed E-state index contributed by atoms with van der Waals surface area (Å²) in [5, 5.41) is 0. The maximum Gasteiger partial charge on any atom is 0.414 e. The van der Waals surface area contributed by atoms with Gasteiger partial charge < -0.3 is 14.4 Å². The van der Waals surface area contributed by atoms with Gasteiger partial charge in [0.1, 0.15) is 5.60 Å². The van der Waals surface area contributed by atoms with E-state index in [0.717, 1.165) is 24.0 Å². The second kappa shape index (κ2) is 7.17. The minimum absolute atomic E-state index is 0.0585. The van der Waals surface area contributed by atoms with Gasteiger partial charge >= 0.3 is 6.09 Å². The van der Waals surface area contributed by atoms with Crippen LogP contribution in [-0.4, -0.2) is 46.6 Å². The van der Waals surface area contributed by atoms with Crippen molar-refractivity contribution < 1.29 is 19.1 Å². The van der Waals surface area contributed by atoms with E-state index >= 15 is 0 Å². The van der Waals surface area contributed by atoms with Crippen LogP contribution in [0.5, 0.6) is 0 Å². The van der Waals surface area contributed by atoms with Gasteiger partial charge in [-0.2, -0.15) is 0 Å². The van der Waals surface area contributed by atoms with E-state index in [-0.39, 0.29) is 24.0 Å². The summed E-state index contributed by atoms with van der Waals surface area (Å²) in [6, 6.07) is 10.1. The molecule has 0 aromatic heterocycles. The standard InChI is InChI=1S/C23H30N2O4/c1-22(2,3)29-21(27)24-11-10-16(14-24)12-17-13-19-15-28-23(4,25(19)20(17)26)18-8-6-5-7-9-18/h5-9,14,17,19H,10-13,15H2,1-4H3/t17-,19-,23+/m0/s1. The average Bonchev–Trinajstić information content (AvgIpc) is 3.33. The van der Waals surface area contributed by atoms with Gasteiger partial charge in [-0.15, -0.1) is 0 Å². The van der Waals surface area contributed by atoms with Gasteiger partial charge in [-0.05, 0) is 47.0 Å². The molecule has 3 aliphatic rings. The molecule has 0 unspecified atom stereocenters. The van der Waals surface area contributed by atoms with Crippen LogP contribution in [0.4, 0.5) is 4.79 Å². The number of ether oxygens (including phenoxy) is 2. The predicted molar refractivity (Wildman–Crippen MR) is 109 cm³/mol. The fourth-order valence-electron chi connectivity index (χ4n) is 4.63. The zero-order valence-electron chi connectivity index (χ0n) is 17.7. The van der Waals surface area contributed by atoms with Crippen molar-refractivity contribution in [2.45, 2.75) is 64.3 Å². The van der Waals surface area contributed by atoms with Crippen LogP contribution in [0.15, 0.2) is 42.1 Å².